The molecule has 5 rings (SSSR count). The highest BCUT2D eigenvalue weighted by Gasteiger charge is 2.35. The van der Waals surface area contributed by atoms with Crippen molar-refractivity contribution in [1.29, 1.82) is 0 Å². The lowest BCUT2D eigenvalue weighted by Gasteiger charge is -2.34. The average molecular weight is 441 g/mol. The van der Waals surface area contributed by atoms with Crippen LogP contribution in [0.1, 0.15) is 37.5 Å². The molecule has 0 bridgehead atoms. The summed E-state index contributed by atoms with van der Waals surface area (Å²) in [6.07, 6.45) is 21.8. The number of hydrogen-bond donors (Lipinski definition) is 0. The predicted molar refractivity (Wildman–Crippen MR) is 148 cm³/mol. The molecule has 0 aliphatic heterocycles. The summed E-state index contributed by atoms with van der Waals surface area (Å²) in [4.78, 5) is 0. The Kier molecular flexibility index (Phi) is 5.62. The van der Waals surface area contributed by atoms with E-state index in [0.29, 0.717) is 5.92 Å². The van der Waals surface area contributed by atoms with Gasteiger partial charge in [-0.3, -0.25) is 0 Å². The monoisotopic (exact) mass is 440 g/mol. The summed E-state index contributed by atoms with van der Waals surface area (Å²) < 4.78 is 0. The minimum absolute atomic E-state index is 0.00878. The van der Waals surface area contributed by atoms with Gasteiger partial charge in [-0.05, 0) is 57.0 Å². The third-order valence-electron chi connectivity index (χ3n) is 7.59. The molecule has 2 atom stereocenters. The van der Waals surface area contributed by atoms with E-state index in [2.05, 4.69) is 125 Å². The lowest BCUT2D eigenvalue weighted by molar-refractivity contribution is 0.606. The summed E-state index contributed by atoms with van der Waals surface area (Å²) in [5, 5.41) is 0. The third-order valence-corrected chi connectivity index (χ3v) is 7.59. The van der Waals surface area contributed by atoms with E-state index in [1.807, 2.05) is 12.2 Å². The molecule has 0 heteroatoms. The van der Waals surface area contributed by atoms with Crippen molar-refractivity contribution >= 4 is 6.08 Å². The van der Waals surface area contributed by atoms with E-state index >= 15 is 0 Å². The van der Waals surface area contributed by atoms with Gasteiger partial charge in [-0.15, -0.1) is 0 Å². The summed E-state index contributed by atoms with van der Waals surface area (Å²) in [6.45, 7) is 15.0. The Morgan fingerprint density at radius 1 is 0.735 bits per heavy atom. The topological polar surface area (TPSA) is 0 Å². The van der Waals surface area contributed by atoms with Crippen molar-refractivity contribution in [3.8, 4) is 11.1 Å². The van der Waals surface area contributed by atoms with Gasteiger partial charge in [-0.1, -0.05) is 130 Å². The number of benzene rings is 2. The average Bonchev–Trinajstić information content (AvgIpc) is 3.09. The first kappa shape index (κ1) is 22.2. The van der Waals surface area contributed by atoms with Crippen molar-refractivity contribution in [2.75, 3.05) is 0 Å². The van der Waals surface area contributed by atoms with Gasteiger partial charge in [0.25, 0.3) is 0 Å². The van der Waals surface area contributed by atoms with Crippen LogP contribution in [-0.2, 0) is 5.41 Å². The van der Waals surface area contributed by atoms with E-state index in [4.69, 9.17) is 0 Å². The molecule has 0 radical (unpaired) electrons. The minimum Gasteiger partial charge on any atom is -0.0987 e. The first-order chi connectivity index (χ1) is 16.5. The molecule has 0 spiro atoms. The van der Waals surface area contributed by atoms with Gasteiger partial charge >= 0.3 is 0 Å². The number of hydrogen-bond acceptors (Lipinski definition) is 0. The van der Waals surface area contributed by atoms with Crippen molar-refractivity contribution in [3.63, 3.8) is 0 Å². The van der Waals surface area contributed by atoms with Crippen LogP contribution < -0.4 is 0 Å². The van der Waals surface area contributed by atoms with Gasteiger partial charge < -0.3 is 0 Å². The van der Waals surface area contributed by atoms with Gasteiger partial charge in [0.1, 0.15) is 0 Å². The van der Waals surface area contributed by atoms with Crippen LogP contribution in [0.3, 0.4) is 0 Å². The Balaban J connectivity index is 1.60. The Labute approximate surface area is 204 Å². The second kappa shape index (κ2) is 8.61. The summed E-state index contributed by atoms with van der Waals surface area (Å²) >= 11 is 0. The quantitative estimate of drug-likeness (QED) is 0.435. The zero-order chi connectivity index (χ0) is 23.9. The molecule has 0 aromatic heterocycles. The highest BCUT2D eigenvalue weighted by molar-refractivity contribution is 5.82. The molecule has 0 fully saturated rings. The Morgan fingerprint density at radius 2 is 1.44 bits per heavy atom. The van der Waals surface area contributed by atoms with Crippen LogP contribution in [0.25, 0.3) is 17.2 Å². The predicted octanol–water partition coefficient (Wildman–Crippen LogP) is 8.92. The Hall–Kier alpha value is -3.64. The highest BCUT2D eigenvalue weighted by Crippen LogP contribution is 2.49. The van der Waals surface area contributed by atoms with Crippen LogP contribution in [0.4, 0.5) is 0 Å². The first-order valence-corrected chi connectivity index (χ1v) is 12.1. The highest BCUT2D eigenvalue weighted by atomic mass is 14.4. The van der Waals surface area contributed by atoms with Crippen LogP contribution in [0.15, 0.2) is 133 Å². The number of rotatable bonds is 5. The molecule has 168 valence electrons. The summed E-state index contributed by atoms with van der Waals surface area (Å²) in [7, 11) is 0. The molecule has 0 saturated heterocycles. The molecule has 2 aromatic carbocycles. The van der Waals surface area contributed by atoms with E-state index in [1.165, 1.54) is 50.1 Å². The van der Waals surface area contributed by atoms with Crippen molar-refractivity contribution in [2.24, 2.45) is 11.8 Å². The van der Waals surface area contributed by atoms with Crippen molar-refractivity contribution in [2.45, 2.75) is 26.2 Å². The first-order valence-electron chi connectivity index (χ1n) is 12.1. The SMILES string of the molecule is C=CC1=C(/C=C\c2ccc3c(c2)C(C)(C)c2ccccc2-3)C2C=CC=CC2C(C=C)=C1/C=C\C. The lowest BCUT2D eigenvalue weighted by atomic mass is 9.69. The maximum absolute atomic E-state index is 4.18. The van der Waals surface area contributed by atoms with Gasteiger partial charge in [0, 0.05) is 17.3 Å². The molecule has 3 aliphatic rings. The zero-order valence-corrected chi connectivity index (χ0v) is 20.4. The number of fused-ring (bicyclic) bond motifs is 4. The molecular formula is C34H32. The smallest absolute Gasteiger partial charge is 0.0159 e. The molecule has 0 N–H and O–H groups in total. The van der Waals surface area contributed by atoms with E-state index in [-0.39, 0.29) is 11.3 Å². The number of allylic oxidation sites excluding steroid dienone is 13. The molecule has 0 nitrogen and oxygen atoms in total. The van der Waals surface area contributed by atoms with E-state index < -0.39 is 0 Å². The minimum atomic E-state index is 0.00878. The zero-order valence-electron chi connectivity index (χ0n) is 20.4. The fraction of sp³-hybridized carbons (Fsp3) is 0.176. The Morgan fingerprint density at radius 3 is 2.15 bits per heavy atom. The van der Waals surface area contributed by atoms with Gasteiger partial charge in [-0.2, -0.15) is 0 Å². The normalized spacial score (nSPS) is 22.3. The van der Waals surface area contributed by atoms with Crippen molar-refractivity contribution in [3.05, 3.63) is 149 Å². The summed E-state index contributed by atoms with van der Waals surface area (Å²) in [6, 6.07) is 15.7. The van der Waals surface area contributed by atoms with E-state index in [1.54, 1.807) is 0 Å². The third kappa shape index (κ3) is 3.37. The lowest BCUT2D eigenvalue weighted by Crippen LogP contribution is -2.22. The fourth-order valence-electron chi connectivity index (χ4n) is 5.91. The fourth-order valence-corrected chi connectivity index (χ4v) is 5.91. The van der Waals surface area contributed by atoms with Crippen molar-refractivity contribution < 1.29 is 0 Å². The Bertz CT molecular complexity index is 1360. The summed E-state index contributed by atoms with van der Waals surface area (Å²) in [5.74, 6) is 0.580. The molecule has 3 aliphatic carbocycles. The van der Waals surface area contributed by atoms with Gasteiger partial charge in [0.15, 0.2) is 0 Å². The molecule has 34 heavy (non-hydrogen) atoms. The maximum atomic E-state index is 4.18. The van der Waals surface area contributed by atoms with E-state index in [0.717, 1.165) is 0 Å². The van der Waals surface area contributed by atoms with Crippen LogP contribution in [0.5, 0.6) is 0 Å². The molecule has 2 unspecified atom stereocenters. The molecular weight excluding hydrogens is 408 g/mol. The van der Waals surface area contributed by atoms with Gasteiger partial charge in [-0.25, -0.2) is 0 Å². The maximum Gasteiger partial charge on any atom is 0.0159 e. The van der Waals surface area contributed by atoms with Gasteiger partial charge in [0.05, 0.1) is 0 Å². The summed E-state index contributed by atoms with van der Waals surface area (Å²) in [5.41, 5.74) is 11.8. The second-order valence-corrected chi connectivity index (χ2v) is 9.78. The molecule has 2 aromatic rings. The van der Waals surface area contributed by atoms with Gasteiger partial charge in [0.2, 0.25) is 0 Å². The standard InChI is InChI=1S/C34H32/c1-6-13-26-24(7-2)27-14-9-10-15-28(27)29(25(26)8-3)20-18-23-19-21-31-30-16-11-12-17-32(30)34(4,5)33(31)22-23/h6-22,27-28H,2-3H2,1,4-5H3/b13-6-,20-18-. The van der Waals surface area contributed by atoms with Crippen molar-refractivity contribution in [1.82, 2.24) is 0 Å². The molecule has 0 saturated carbocycles. The van der Waals surface area contributed by atoms with E-state index in [9.17, 15) is 0 Å². The molecule has 0 amide bonds. The van der Waals surface area contributed by atoms with Crippen LogP contribution in [-0.4, -0.2) is 0 Å². The molecule has 0 heterocycles. The van der Waals surface area contributed by atoms with Crippen LogP contribution >= 0.6 is 0 Å². The van der Waals surface area contributed by atoms with Crippen LogP contribution in [0, 0.1) is 11.8 Å². The second-order valence-electron chi connectivity index (χ2n) is 9.78. The van der Waals surface area contributed by atoms with Crippen LogP contribution in [0.2, 0.25) is 0 Å². The largest absolute Gasteiger partial charge is 0.0987 e.